The standard InChI is InChI=1S/C14H16ClNO5/c1-2-20-12-6-9(12)14(19)16-8-3-4-11(10(15)5-8)21-7-13(17)18/h3-5,9,12H,2,6-7H2,1H3,(H,16,19)(H,17,18). The topological polar surface area (TPSA) is 84.9 Å². The third-order valence-electron chi connectivity index (χ3n) is 3.00. The number of benzene rings is 1. The second-order valence-electron chi connectivity index (χ2n) is 4.65. The Morgan fingerprint density at radius 2 is 2.24 bits per heavy atom. The maximum Gasteiger partial charge on any atom is 0.341 e. The highest BCUT2D eigenvalue weighted by atomic mass is 35.5. The van der Waals surface area contributed by atoms with Gasteiger partial charge in [0.2, 0.25) is 5.91 Å². The summed E-state index contributed by atoms with van der Waals surface area (Å²) in [7, 11) is 0. The van der Waals surface area contributed by atoms with Gasteiger partial charge in [0.1, 0.15) is 5.75 Å². The van der Waals surface area contributed by atoms with E-state index in [4.69, 9.17) is 26.2 Å². The summed E-state index contributed by atoms with van der Waals surface area (Å²) in [5, 5.41) is 11.5. The van der Waals surface area contributed by atoms with E-state index in [1.54, 1.807) is 6.07 Å². The zero-order valence-corrected chi connectivity index (χ0v) is 12.2. The average Bonchev–Trinajstić information content (AvgIpc) is 3.17. The van der Waals surface area contributed by atoms with Gasteiger partial charge in [0, 0.05) is 12.3 Å². The van der Waals surface area contributed by atoms with E-state index >= 15 is 0 Å². The van der Waals surface area contributed by atoms with Crippen molar-refractivity contribution in [3.8, 4) is 5.75 Å². The highest BCUT2D eigenvalue weighted by molar-refractivity contribution is 6.32. The lowest BCUT2D eigenvalue weighted by Gasteiger charge is -2.09. The molecule has 1 aliphatic carbocycles. The van der Waals surface area contributed by atoms with Crippen LogP contribution in [0, 0.1) is 5.92 Å². The van der Waals surface area contributed by atoms with Crippen LogP contribution in [0.15, 0.2) is 18.2 Å². The minimum Gasteiger partial charge on any atom is -0.480 e. The quantitative estimate of drug-likeness (QED) is 0.806. The van der Waals surface area contributed by atoms with E-state index in [2.05, 4.69) is 5.32 Å². The van der Waals surface area contributed by atoms with Crippen molar-refractivity contribution in [2.45, 2.75) is 19.4 Å². The van der Waals surface area contributed by atoms with Crippen LogP contribution in [0.1, 0.15) is 13.3 Å². The number of carbonyl (C=O) groups excluding carboxylic acids is 1. The molecule has 1 amide bonds. The number of anilines is 1. The van der Waals surface area contributed by atoms with E-state index in [1.807, 2.05) is 6.92 Å². The number of carbonyl (C=O) groups is 2. The summed E-state index contributed by atoms with van der Waals surface area (Å²) < 4.78 is 10.4. The van der Waals surface area contributed by atoms with E-state index in [9.17, 15) is 9.59 Å². The normalized spacial score (nSPS) is 19.9. The number of carboxylic acid groups (broad SMARTS) is 1. The molecular weight excluding hydrogens is 298 g/mol. The Morgan fingerprint density at radius 1 is 1.48 bits per heavy atom. The smallest absolute Gasteiger partial charge is 0.341 e. The van der Waals surface area contributed by atoms with Crippen molar-refractivity contribution in [1.29, 1.82) is 0 Å². The van der Waals surface area contributed by atoms with Crippen LogP contribution in [0.25, 0.3) is 0 Å². The highest BCUT2D eigenvalue weighted by Gasteiger charge is 2.43. The lowest BCUT2D eigenvalue weighted by atomic mass is 10.3. The Labute approximate surface area is 127 Å². The summed E-state index contributed by atoms with van der Waals surface area (Å²) in [5.41, 5.74) is 0.537. The first-order chi connectivity index (χ1) is 10.0. The number of aliphatic carboxylic acids is 1. The van der Waals surface area contributed by atoms with Gasteiger partial charge < -0.3 is 19.9 Å². The number of ether oxygens (including phenoxy) is 2. The van der Waals surface area contributed by atoms with Crippen LogP contribution < -0.4 is 10.1 Å². The van der Waals surface area contributed by atoms with Crippen molar-refractivity contribution in [2.24, 2.45) is 5.92 Å². The Kier molecular flexibility index (Phi) is 5.03. The second-order valence-corrected chi connectivity index (χ2v) is 5.06. The number of hydrogen-bond acceptors (Lipinski definition) is 4. The van der Waals surface area contributed by atoms with Gasteiger partial charge in [0.05, 0.1) is 17.0 Å². The summed E-state index contributed by atoms with van der Waals surface area (Å²) in [6, 6.07) is 4.65. The van der Waals surface area contributed by atoms with Gasteiger partial charge in [-0.05, 0) is 31.5 Å². The molecule has 0 radical (unpaired) electrons. The zero-order valence-electron chi connectivity index (χ0n) is 11.5. The van der Waals surface area contributed by atoms with Crippen molar-refractivity contribution >= 4 is 29.2 Å². The number of nitrogens with one attached hydrogen (secondary N) is 1. The SMILES string of the molecule is CCOC1CC1C(=O)Nc1ccc(OCC(=O)O)c(Cl)c1. The molecule has 7 heteroatoms. The summed E-state index contributed by atoms with van der Waals surface area (Å²) in [6.07, 6.45) is 0.733. The predicted octanol–water partition coefficient (Wildman–Crippen LogP) is 2.17. The fourth-order valence-electron chi connectivity index (χ4n) is 1.92. The molecule has 0 aromatic heterocycles. The Hall–Kier alpha value is -1.79. The van der Waals surface area contributed by atoms with Crippen molar-refractivity contribution in [3.05, 3.63) is 23.2 Å². The van der Waals surface area contributed by atoms with Gasteiger partial charge in [0.15, 0.2) is 6.61 Å². The molecule has 2 rings (SSSR count). The minimum absolute atomic E-state index is 0.00338. The Balaban J connectivity index is 1.91. The average molecular weight is 314 g/mol. The van der Waals surface area contributed by atoms with Gasteiger partial charge in [-0.25, -0.2) is 4.79 Å². The minimum atomic E-state index is -1.08. The number of amides is 1. The lowest BCUT2D eigenvalue weighted by Crippen LogP contribution is -2.16. The molecule has 1 aromatic carbocycles. The van der Waals surface area contributed by atoms with E-state index in [0.29, 0.717) is 12.3 Å². The summed E-state index contributed by atoms with van der Waals surface area (Å²) in [6.45, 7) is 2.02. The van der Waals surface area contributed by atoms with Gasteiger partial charge in [-0.15, -0.1) is 0 Å². The molecule has 2 atom stereocenters. The van der Waals surface area contributed by atoms with E-state index < -0.39 is 12.6 Å². The van der Waals surface area contributed by atoms with Gasteiger partial charge in [-0.2, -0.15) is 0 Å². The first-order valence-corrected chi connectivity index (χ1v) is 6.95. The monoisotopic (exact) mass is 313 g/mol. The van der Waals surface area contributed by atoms with E-state index in [1.165, 1.54) is 12.1 Å². The fraction of sp³-hybridized carbons (Fsp3) is 0.429. The molecule has 1 saturated carbocycles. The third kappa shape index (κ3) is 4.34. The maximum absolute atomic E-state index is 11.9. The zero-order chi connectivity index (χ0) is 15.4. The molecule has 0 saturated heterocycles. The van der Waals surface area contributed by atoms with Crippen LogP contribution in [-0.2, 0) is 14.3 Å². The number of halogens is 1. The molecule has 0 heterocycles. The first kappa shape index (κ1) is 15.6. The van der Waals surface area contributed by atoms with Crippen molar-refractivity contribution in [3.63, 3.8) is 0 Å². The maximum atomic E-state index is 11.9. The predicted molar refractivity (Wildman–Crippen MR) is 76.7 cm³/mol. The van der Waals surface area contributed by atoms with E-state index in [0.717, 1.165) is 6.42 Å². The second kappa shape index (κ2) is 6.78. The molecule has 1 aliphatic rings. The van der Waals surface area contributed by atoms with Crippen LogP contribution in [0.4, 0.5) is 5.69 Å². The van der Waals surface area contributed by atoms with Crippen LogP contribution in [-0.4, -0.2) is 36.3 Å². The first-order valence-electron chi connectivity index (χ1n) is 6.58. The van der Waals surface area contributed by atoms with Crippen molar-refractivity contribution in [2.75, 3.05) is 18.5 Å². The molecule has 114 valence electrons. The van der Waals surface area contributed by atoms with Crippen LogP contribution in [0.2, 0.25) is 5.02 Å². The van der Waals surface area contributed by atoms with Crippen LogP contribution in [0.3, 0.4) is 0 Å². The number of hydrogen-bond donors (Lipinski definition) is 2. The Bertz CT molecular complexity index is 548. The largest absolute Gasteiger partial charge is 0.480 e. The van der Waals surface area contributed by atoms with Crippen molar-refractivity contribution in [1.82, 2.24) is 0 Å². The molecule has 0 aliphatic heterocycles. The summed E-state index contributed by atoms with van der Waals surface area (Å²) in [4.78, 5) is 22.4. The summed E-state index contributed by atoms with van der Waals surface area (Å²) in [5.74, 6) is -1.05. The molecule has 21 heavy (non-hydrogen) atoms. The fourth-order valence-corrected chi connectivity index (χ4v) is 2.15. The molecule has 1 aromatic rings. The number of carboxylic acids is 1. The Morgan fingerprint density at radius 3 is 2.86 bits per heavy atom. The van der Waals surface area contributed by atoms with Gasteiger partial charge in [0.25, 0.3) is 0 Å². The van der Waals surface area contributed by atoms with Crippen LogP contribution >= 0.6 is 11.6 Å². The summed E-state index contributed by atoms with van der Waals surface area (Å²) >= 11 is 5.98. The lowest BCUT2D eigenvalue weighted by molar-refractivity contribution is -0.139. The third-order valence-corrected chi connectivity index (χ3v) is 3.30. The molecular formula is C14H16ClNO5. The van der Waals surface area contributed by atoms with E-state index in [-0.39, 0.29) is 28.7 Å². The molecule has 0 spiro atoms. The molecule has 2 unspecified atom stereocenters. The van der Waals surface area contributed by atoms with Gasteiger partial charge >= 0.3 is 5.97 Å². The van der Waals surface area contributed by atoms with Gasteiger partial charge in [-0.1, -0.05) is 11.6 Å². The molecule has 1 fully saturated rings. The van der Waals surface area contributed by atoms with Crippen LogP contribution in [0.5, 0.6) is 5.75 Å². The molecule has 0 bridgehead atoms. The number of rotatable bonds is 7. The van der Waals surface area contributed by atoms with Crippen molar-refractivity contribution < 1.29 is 24.2 Å². The molecule has 2 N–H and O–H groups in total. The van der Waals surface area contributed by atoms with Gasteiger partial charge in [-0.3, -0.25) is 4.79 Å². The highest BCUT2D eigenvalue weighted by Crippen LogP contribution is 2.35. The molecule has 6 nitrogen and oxygen atoms in total.